The number of hydrogen-bond donors (Lipinski definition) is 2. The molecule has 0 aliphatic carbocycles. The van der Waals surface area contributed by atoms with Gasteiger partial charge in [0.15, 0.2) is 0 Å². The van der Waals surface area contributed by atoms with E-state index in [1.807, 2.05) is 0 Å². The Balaban J connectivity index is 3.42. The maximum atomic E-state index is 13.5. The molecule has 0 aliphatic heterocycles. The van der Waals surface area contributed by atoms with Crippen LogP contribution in [0.2, 0.25) is 10.0 Å². The zero-order valence-electron chi connectivity index (χ0n) is 11.6. The van der Waals surface area contributed by atoms with E-state index in [-0.39, 0.29) is 21.2 Å². The molecule has 0 saturated carbocycles. The number of benzene rings is 1. The number of aliphatic hydroxyl groups excluding tert-OH is 1. The minimum absolute atomic E-state index is 0.0256. The lowest BCUT2D eigenvalue weighted by Crippen LogP contribution is -2.26. The highest BCUT2D eigenvalue weighted by Crippen LogP contribution is 2.29. The van der Waals surface area contributed by atoms with Crippen LogP contribution in [0.25, 0.3) is 5.76 Å². The van der Waals surface area contributed by atoms with Crippen LogP contribution in [0.4, 0.5) is 4.39 Å². The van der Waals surface area contributed by atoms with Crippen LogP contribution in [0.1, 0.15) is 19.4 Å². The Kier molecular flexibility index (Phi) is 6.65. The Morgan fingerprint density at radius 1 is 1.38 bits per heavy atom. The normalized spacial score (nSPS) is 12.4. The van der Waals surface area contributed by atoms with Gasteiger partial charge in [-0.15, -0.1) is 0 Å². The number of aliphatic hydroxyl groups is 1. The molecule has 1 aromatic carbocycles. The summed E-state index contributed by atoms with van der Waals surface area (Å²) >= 11 is 11.5. The summed E-state index contributed by atoms with van der Waals surface area (Å²) in [4.78, 5) is 15.9. The van der Waals surface area contributed by atoms with Crippen molar-refractivity contribution in [2.24, 2.45) is 4.99 Å². The van der Waals surface area contributed by atoms with Crippen LogP contribution >= 0.6 is 23.2 Å². The van der Waals surface area contributed by atoms with Gasteiger partial charge in [-0.1, -0.05) is 23.2 Å². The summed E-state index contributed by atoms with van der Waals surface area (Å²) in [6.07, 6.45) is 1.23. The van der Waals surface area contributed by atoms with Crippen LogP contribution < -0.4 is 5.32 Å². The van der Waals surface area contributed by atoms with Crippen molar-refractivity contribution in [3.05, 3.63) is 39.1 Å². The van der Waals surface area contributed by atoms with Gasteiger partial charge in [-0.2, -0.15) is 0 Å². The Morgan fingerprint density at radius 3 is 2.62 bits per heavy atom. The van der Waals surface area contributed by atoms with Crippen molar-refractivity contribution >= 4 is 41.1 Å². The molecule has 0 saturated heterocycles. The number of rotatable bonds is 5. The van der Waals surface area contributed by atoms with Gasteiger partial charge in [0.2, 0.25) is 0 Å². The van der Waals surface area contributed by atoms with E-state index in [1.54, 1.807) is 13.8 Å². The van der Waals surface area contributed by atoms with Crippen molar-refractivity contribution in [1.82, 2.24) is 5.32 Å². The van der Waals surface area contributed by atoms with Crippen molar-refractivity contribution in [2.45, 2.75) is 13.8 Å². The van der Waals surface area contributed by atoms with Crippen molar-refractivity contribution in [3.8, 4) is 0 Å². The van der Waals surface area contributed by atoms with Gasteiger partial charge >= 0.3 is 0 Å². The highest BCUT2D eigenvalue weighted by molar-refractivity contribution is 6.36. The number of nitrogens with one attached hydrogen (secondary N) is 1. The van der Waals surface area contributed by atoms with E-state index in [2.05, 4.69) is 10.3 Å². The molecule has 0 radical (unpaired) electrons. The van der Waals surface area contributed by atoms with Crippen molar-refractivity contribution < 1.29 is 14.3 Å². The smallest absolute Gasteiger partial charge is 0.256 e. The summed E-state index contributed by atoms with van der Waals surface area (Å²) in [7, 11) is 0. The predicted octanol–water partition coefficient (Wildman–Crippen LogP) is 3.63. The molecule has 0 aliphatic rings. The van der Waals surface area contributed by atoms with Crippen LogP contribution in [0, 0.1) is 5.82 Å². The first kappa shape index (κ1) is 17.5. The van der Waals surface area contributed by atoms with Gasteiger partial charge in [0.05, 0.1) is 15.6 Å². The third kappa shape index (κ3) is 4.44. The number of carbonyl (C=O) groups is 1. The molecule has 0 spiro atoms. The van der Waals surface area contributed by atoms with E-state index in [9.17, 15) is 14.3 Å². The Bertz CT molecular complexity index is 601. The fourth-order valence-electron chi connectivity index (χ4n) is 1.51. The number of hydrogen-bond acceptors (Lipinski definition) is 3. The Labute approximate surface area is 132 Å². The van der Waals surface area contributed by atoms with E-state index >= 15 is 0 Å². The van der Waals surface area contributed by atoms with Crippen LogP contribution in [0.3, 0.4) is 0 Å². The van der Waals surface area contributed by atoms with Gasteiger partial charge in [0, 0.05) is 24.9 Å². The topological polar surface area (TPSA) is 61.7 Å². The highest BCUT2D eigenvalue weighted by Gasteiger charge is 2.18. The Hall–Kier alpha value is -1.59. The van der Waals surface area contributed by atoms with E-state index in [1.165, 1.54) is 6.21 Å². The standard InChI is InChI=1S/C14H15Cl2FN2O2/c1-3-18-7-9(14(21)19-4-2)13(20)8-5-12(17)11(16)6-10(8)15/h5-7,20H,3-4H2,1-2H3,(H,19,21). The van der Waals surface area contributed by atoms with Gasteiger partial charge in [0.1, 0.15) is 11.6 Å². The third-order valence-electron chi connectivity index (χ3n) is 2.51. The fourth-order valence-corrected chi connectivity index (χ4v) is 1.99. The first-order valence-electron chi connectivity index (χ1n) is 6.28. The van der Waals surface area contributed by atoms with Crippen molar-refractivity contribution in [1.29, 1.82) is 0 Å². The van der Waals surface area contributed by atoms with Gasteiger partial charge < -0.3 is 10.4 Å². The van der Waals surface area contributed by atoms with Crippen LogP contribution in [-0.4, -0.2) is 30.3 Å². The van der Waals surface area contributed by atoms with Gasteiger partial charge in [0.25, 0.3) is 5.91 Å². The highest BCUT2D eigenvalue weighted by atomic mass is 35.5. The summed E-state index contributed by atoms with van der Waals surface area (Å²) in [5, 5.41) is 12.6. The molecule has 2 N–H and O–H groups in total. The summed E-state index contributed by atoms with van der Waals surface area (Å²) in [5.41, 5.74) is -0.121. The Morgan fingerprint density at radius 2 is 2.05 bits per heavy atom. The van der Waals surface area contributed by atoms with E-state index < -0.39 is 17.5 Å². The second kappa shape index (κ2) is 8.00. The molecule has 0 fully saturated rings. The molecule has 1 rings (SSSR count). The minimum Gasteiger partial charge on any atom is -0.506 e. The second-order valence-electron chi connectivity index (χ2n) is 4.00. The SMILES string of the molecule is CCN=CC(C(=O)NCC)=C(O)c1cc(F)c(Cl)cc1Cl. The molecular formula is C14H15Cl2FN2O2. The van der Waals surface area contributed by atoms with Crippen LogP contribution in [-0.2, 0) is 4.79 Å². The molecule has 0 aromatic heterocycles. The lowest BCUT2D eigenvalue weighted by Gasteiger charge is -2.09. The van der Waals surface area contributed by atoms with E-state index in [4.69, 9.17) is 23.2 Å². The number of amides is 1. The molecule has 0 unspecified atom stereocenters. The maximum absolute atomic E-state index is 13.5. The summed E-state index contributed by atoms with van der Waals surface area (Å²) in [6.45, 7) is 4.31. The number of nitrogens with zero attached hydrogens (tertiary/aromatic N) is 1. The molecule has 0 heterocycles. The first-order chi connectivity index (χ1) is 9.92. The first-order valence-corrected chi connectivity index (χ1v) is 7.04. The van der Waals surface area contributed by atoms with Crippen LogP contribution in [0.5, 0.6) is 0 Å². The molecule has 7 heteroatoms. The quantitative estimate of drug-likeness (QED) is 0.374. The van der Waals surface area contributed by atoms with Gasteiger partial charge in [-0.3, -0.25) is 9.79 Å². The molecular weight excluding hydrogens is 318 g/mol. The van der Waals surface area contributed by atoms with E-state index in [0.29, 0.717) is 13.1 Å². The lowest BCUT2D eigenvalue weighted by molar-refractivity contribution is -0.116. The lowest BCUT2D eigenvalue weighted by atomic mass is 10.1. The molecule has 1 amide bonds. The fraction of sp³-hybridized carbons (Fsp3) is 0.286. The van der Waals surface area contributed by atoms with Crippen LogP contribution in [0.15, 0.2) is 22.7 Å². The molecule has 4 nitrogen and oxygen atoms in total. The summed E-state index contributed by atoms with van der Waals surface area (Å²) in [5.74, 6) is -1.73. The molecule has 0 bridgehead atoms. The van der Waals surface area contributed by atoms with Gasteiger partial charge in [-0.25, -0.2) is 4.39 Å². The molecule has 0 atom stereocenters. The number of likely N-dealkylation sites (N-methyl/N-ethyl adjacent to an activating group) is 1. The zero-order chi connectivity index (χ0) is 16.0. The largest absolute Gasteiger partial charge is 0.506 e. The van der Waals surface area contributed by atoms with Crippen molar-refractivity contribution in [2.75, 3.05) is 13.1 Å². The monoisotopic (exact) mass is 332 g/mol. The minimum atomic E-state index is -0.745. The number of halogens is 3. The molecule has 1 aromatic rings. The third-order valence-corrected chi connectivity index (χ3v) is 3.11. The number of aliphatic imine (C=N–C) groups is 1. The second-order valence-corrected chi connectivity index (χ2v) is 4.81. The predicted molar refractivity (Wildman–Crippen MR) is 83.7 cm³/mol. The van der Waals surface area contributed by atoms with Gasteiger partial charge in [-0.05, 0) is 26.0 Å². The molecule has 21 heavy (non-hydrogen) atoms. The average molecular weight is 333 g/mol. The molecule has 114 valence electrons. The van der Waals surface area contributed by atoms with E-state index in [0.717, 1.165) is 12.1 Å². The summed E-state index contributed by atoms with van der Waals surface area (Å²) in [6, 6.07) is 2.13. The maximum Gasteiger partial charge on any atom is 0.256 e. The number of carbonyl (C=O) groups excluding carboxylic acids is 1. The summed E-state index contributed by atoms with van der Waals surface area (Å²) < 4.78 is 13.5. The van der Waals surface area contributed by atoms with Crippen molar-refractivity contribution in [3.63, 3.8) is 0 Å². The zero-order valence-corrected chi connectivity index (χ0v) is 13.1. The average Bonchev–Trinajstić information content (AvgIpc) is 2.43.